The van der Waals surface area contributed by atoms with Crippen molar-refractivity contribution in [2.45, 2.75) is 303 Å². The molecule has 0 spiro atoms. The lowest BCUT2D eigenvalue weighted by atomic mass is 10.1. The third kappa shape index (κ3) is 60.9. The topological polar surface area (TPSA) is 78.9 Å². The zero-order chi connectivity index (χ0) is 55.0. The number of hydrogen-bond donors (Lipinski definition) is 0. The summed E-state index contributed by atoms with van der Waals surface area (Å²) in [6, 6.07) is 0. The SMILES string of the molecule is CC/C=C\C/C=C\C/C=C\C/C=C\C/C=C\CCCCCCCC(=O)OC(COC(=O)CCCCCCC/C=C\CCCCC)COC(=O)CCCCCCCCCCCC/C=C\C/C=C\C/C=C\CCCCCCC. The maximum Gasteiger partial charge on any atom is 0.306 e. The third-order valence-electron chi connectivity index (χ3n) is 13.5. The summed E-state index contributed by atoms with van der Waals surface area (Å²) in [5.74, 6) is -0.918. The van der Waals surface area contributed by atoms with E-state index in [0.29, 0.717) is 19.3 Å². The molecule has 0 saturated heterocycles. The molecule has 0 saturated carbocycles. The number of unbranched alkanes of at least 4 members (excludes halogenated alkanes) is 28. The molecule has 1 atom stereocenters. The van der Waals surface area contributed by atoms with Crippen LogP contribution in [0.2, 0.25) is 0 Å². The van der Waals surface area contributed by atoms with Crippen LogP contribution >= 0.6 is 0 Å². The zero-order valence-corrected chi connectivity index (χ0v) is 49.7. The lowest BCUT2D eigenvalue weighted by Crippen LogP contribution is -2.30. The highest BCUT2D eigenvalue weighted by Gasteiger charge is 2.19. The largest absolute Gasteiger partial charge is 0.462 e. The Bertz CT molecular complexity index is 1540. The summed E-state index contributed by atoms with van der Waals surface area (Å²) >= 11 is 0. The van der Waals surface area contributed by atoms with Crippen molar-refractivity contribution < 1.29 is 28.6 Å². The van der Waals surface area contributed by atoms with Crippen LogP contribution in [0.4, 0.5) is 0 Å². The fraction of sp³-hybridized carbons (Fsp3) is 0.700. The van der Waals surface area contributed by atoms with E-state index in [1.807, 2.05) is 0 Å². The lowest BCUT2D eigenvalue weighted by Gasteiger charge is -2.18. The highest BCUT2D eigenvalue weighted by Crippen LogP contribution is 2.15. The summed E-state index contributed by atoms with van der Waals surface area (Å²) in [7, 11) is 0. The second-order valence-corrected chi connectivity index (χ2v) is 20.9. The molecule has 0 radical (unpaired) electrons. The van der Waals surface area contributed by atoms with Gasteiger partial charge in [0.05, 0.1) is 0 Å². The molecular formula is C70H118O6. The second-order valence-electron chi connectivity index (χ2n) is 20.9. The Labute approximate surface area is 470 Å². The summed E-state index contributed by atoms with van der Waals surface area (Å²) in [6.07, 6.45) is 86.6. The van der Waals surface area contributed by atoms with E-state index in [4.69, 9.17) is 14.2 Å². The first-order chi connectivity index (χ1) is 37.5. The minimum atomic E-state index is -0.796. The van der Waals surface area contributed by atoms with Crippen LogP contribution in [0.15, 0.2) is 109 Å². The number of carbonyl (C=O) groups is 3. The van der Waals surface area contributed by atoms with E-state index >= 15 is 0 Å². The minimum absolute atomic E-state index is 0.0915. The molecule has 0 aliphatic heterocycles. The summed E-state index contributed by atoms with van der Waals surface area (Å²) in [5, 5.41) is 0. The van der Waals surface area contributed by atoms with Crippen LogP contribution in [0.25, 0.3) is 0 Å². The minimum Gasteiger partial charge on any atom is -0.462 e. The van der Waals surface area contributed by atoms with Gasteiger partial charge in [-0.1, -0.05) is 259 Å². The Morgan fingerprint density at radius 3 is 0.842 bits per heavy atom. The van der Waals surface area contributed by atoms with Gasteiger partial charge in [0, 0.05) is 19.3 Å². The molecule has 0 aromatic rings. The summed E-state index contributed by atoms with van der Waals surface area (Å²) in [4.78, 5) is 38.3. The first-order valence-electron chi connectivity index (χ1n) is 31.9. The predicted octanol–water partition coefficient (Wildman–Crippen LogP) is 21.8. The summed E-state index contributed by atoms with van der Waals surface area (Å²) < 4.78 is 16.9. The molecule has 0 rings (SSSR count). The van der Waals surface area contributed by atoms with Gasteiger partial charge in [-0.2, -0.15) is 0 Å². The summed E-state index contributed by atoms with van der Waals surface area (Å²) in [5.41, 5.74) is 0. The maximum absolute atomic E-state index is 12.9. The Morgan fingerprint density at radius 1 is 0.276 bits per heavy atom. The Hall–Kier alpha value is -3.93. The number of rotatable bonds is 57. The van der Waals surface area contributed by atoms with E-state index < -0.39 is 6.10 Å². The van der Waals surface area contributed by atoms with Gasteiger partial charge in [0.1, 0.15) is 13.2 Å². The van der Waals surface area contributed by atoms with Crippen molar-refractivity contribution in [3.05, 3.63) is 109 Å². The highest BCUT2D eigenvalue weighted by molar-refractivity contribution is 5.71. The van der Waals surface area contributed by atoms with Crippen LogP contribution in [0.5, 0.6) is 0 Å². The van der Waals surface area contributed by atoms with Gasteiger partial charge in [-0.3, -0.25) is 14.4 Å². The van der Waals surface area contributed by atoms with Gasteiger partial charge in [-0.25, -0.2) is 0 Å². The number of carbonyl (C=O) groups excluding carboxylic acids is 3. The smallest absolute Gasteiger partial charge is 0.306 e. The molecule has 0 fully saturated rings. The van der Waals surface area contributed by atoms with Gasteiger partial charge < -0.3 is 14.2 Å². The quantitative estimate of drug-likeness (QED) is 0.0261. The second kappa shape index (κ2) is 63.6. The lowest BCUT2D eigenvalue weighted by molar-refractivity contribution is -0.167. The van der Waals surface area contributed by atoms with E-state index in [9.17, 15) is 14.4 Å². The molecule has 0 aromatic heterocycles. The molecule has 6 heteroatoms. The molecule has 0 bridgehead atoms. The number of ether oxygens (including phenoxy) is 3. The first-order valence-corrected chi connectivity index (χ1v) is 31.9. The predicted molar refractivity (Wildman–Crippen MR) is 330 cm³/mol. The molecule has 434 valence electrons. The van der Waals surface area contributed by atoms with Gasteiger partial charge in [0.15, 0.2) is 6.10 Å². The molecule has 0 aliphatic carbocycles. The normalized spacial score (nSPS) is 12.8. The van der Waals surface area contributed by atoms with Crippen LogP contribution in [0, 0.1) is 0 Å². The van der Waals surface area contributed by atoms with Crippen LogP contribution in [-0.4, -0.2) is 37.2 Å². The molecule has 0 amide bonds. The van der Waals surface area contributed by atoms with E-state index in [1.54, 1.807) is 0 Å². The molecule has 1 unspecified atom stereocenters. The van der Waals surface area contributed by atoms with Crippen molar-refractivity contribution in [1.82, 2.24) is 0 Å². The molecule has 0 N–H and O–H groups in total. The van der Waals surface area contributed by atoms with Crippen molar-refractivity contribution in [1.29, 1.82) is 0 Å². The number of hydrogen-bond acceptors (Lipinski definition) is 6. The third-order valence-corrected chi connectivity index (χ3v) is 13.5. The van der Waals surface area contributed by atoms with Gasteiger partial charge >= 0.3 is 17.9 Å². The van der Waals surface area contributed by atoms with Crippen molar-refractivity contribution in [3.63, 3.8) is 0 Å². The highest BCUT2D eigenvalue weighted by atomic mass is 16.6. The first kappa shape index (κ1) is 72.1. The Morgan fingerprint density at radius 2 is 0.513 bits per heavy atom. The van der Waals surface area contributed by atoms with Crippen molar-refractivity contribution in [2.75, 3.05) is 13.2 Å². The van der Waals surface area contributed by atoms with Gasteiger partial charge in [-0.15, -0.1) is 0 Å². The Kier molecular flexibility index (Phi) is 60.3. The average Bonchev–Trinajstić information content (AvgIpc) is 3.42. The zero-order valence-electron chi connectivity index (χ0n) is 49.7. The number of allylic oxidation sites excluding steroid dienone is 18. The van der Waals surface area contributed by atoms with Crippen molar-refractivity contribution >= 4 is 17.9 Å². The fourth-order valence-electron chi connectivity index (χ4n) is 8.71. The average molecular weight is 1060 g/mol. The monoisotopic (exact) mass is 1050 g/mol. The van der Waals surface area contributed by atoms with Crippen LogP contribution in [0.1, 0.15) is 297 Å². The van der Waals surface area contributed by atoms with Gasteiger partial charge in [0.2, 0.25) is 0 Å². The van der Waals surface area contributed by atoms with Crippen molar-refractivity contribution in [3.8, 4) is 0 Å². The molecule has 0 aliphatic rings. The van der Waals surface area contributed by atoms with Gasteiger partial charge in [-0.05, 0) is 128 Å². The van der Waals surface area contributed by atoms with E-state index in [0.717, 1.165) is 128 Å². The molecule has 0 heterocycles. The van der Waals surface area contributed by atoms with E-state index in [2.05, 4.69) is 130 Å². The van der Waals surface area contributed by atoms with Gasteiger partial charge in [0.25, 0.3) is 0 Å². The molecule has 0 aromatic carbocycles. The van der Waals surface area contributed by atoms with Crippen LogP contribution < -0.4 is 0 Å². The molecule has 6 nitrogen and oxygen atoms in total. The van der Waals surface area contributed by atoms with E-state index in [1.165, 1.54) is 128 Å². The summed E-state index contributed by atoms with van der Waals surface area (Å²) in [6.45, 7) is 6.48. The Balaban J connectivity index is 4.36. The molecular weight excluding hydrogens is 937 g/mol. The standard InChI is InChI=1S/C70H118O6/c1-4-7-10-13-16-19-22-25-27-29-31-33-34-35-36-38-39-41-43-45-48-51-54-57-60-63-69(72)75-66-67(65-74-68(71)62-59-56-53-50-47-24-21-18-15-12-9-6-3)76-70(73)64-61-58-55-52-49-46-44-42-40-37-32-30-28-26-23-20-17-14-11-8-5-2/h8,11,17-18,20-22,25-26,28-29,31-32,34-35,37,42,44,67H,4-7,9-10,12-16,19,23-24,27,30,33,36,38-41,43,45-66H2,1-3H3/b11-8-,20-17-,21-18-,25-22-,28-26-,31-29-,35-34-,37-32-,44-42-. The maximum atomic E-state index is 12.9. The van der Waals surface area contributed by atoms with Crippen LogP contribution in [0.3, 0.4) is 0 Å². The van der Waals surface area contributed by atoms with E-state index in [-0.39, 0.29) is 31.1 Å². The van der Waals surface area contributed by atoms with Crippen molar-refractivity contribution in [2.24, 2.45) is 0 Å². The molecule has 76 heavy (non-hydrogen) atoms. The fourth-order valence-corrected chi connectivity index (χ4v) is 8.71. The van der Waals surface area contributed by atoms with Crippen LogP contribution in [-0.2, 0) is 28.6 Å². The number of esters is 3.